The Kier molecular flexibility index (Phi) is 5.32. The van der Waals surface area contributed by atoms with Crippen LogP contribution in [-0.2, 0) is 10.0 Å². The smallest absolute Gasteiger partial charge is 0.533 e. The molecule has 0 aliphatic carbocycles. The second kappa shape index (κ2) is 6.32. The molecule has 2 aromatic carbocycles. The fourth-order valence-electron chi connectivity index (χ4n) is 1.52. The van der Waals surface area contributed by atoms with Gasteiger partial charge in [-0.05, 0) is 29.4 Å². The molecule has 0 heterocycles. The summed E-state index contributed by atoms with van der Waals surface area (Å²) in [5.74, 6) is 0. The van der Waals surface area contributed by atoms with Gasteiger partial charge in [0.2, 0.25) is 0 Å². The van der Waals surface area contributed by atoms with Gasteiger partial charge in [0.1, 0.15) is 10.0 Å². The van der Waals surface area contributed by atoms with Crippen molar-refractivity contribution in [2.75, 3.05) is 6.54 Å². The Balaban J connectivity index is 0.00000162. The first kappa shape index (κ1) is 15.2. The van der Waals surface area contributed by atoms with E-state index in [4.69, 9.17) is 5.26 Å². The Morgan fingerprint density at radius 1 is 1.11 bits per heavy atom. The van der Waals surface area contributed by atoms with Crippen molar-refractivity contribution < 1.29 is 38.0 Å². The summed E-state index contributed by atoms with van der Waals surface area (Å²) >= 11 is 0. The van der Waals surface area contributed by atoms with E-state index in [1.165, 1.54) is 6.07 Å². The monoisotopic (exact) mass is 268 g/mol. The fourth-order valence-corrected chi connectivity index (χ4v) is 2.41. The molecule has 4 nitrogen and oxygen atoms in total. The molecule has 0 bridgehead atoms. The topological polar surface area (TPSA) is 72.0 Å². The van der Waals surface area contributed by atoms with Crippen LogP contribution >= 0.6 is 0 Å². The van der Waals surface area contributed by atoms with Gasteiger partial charge < -0.3 is 4.72 Å². The molecule has 0 saturated carbocycles. The van der Waals surface area contributed by atoms with Gasteiger partial charge in [0.05, 0.1) is 0 Å². The SMILES string of the molecule is N#CC[N-]S(=O)(=O)c1ccc2ccccc2c1.[Na+]. The summed E-state index contributed by atoms with van der Waals surface area (Å²) < 4.78 is 26.8. The quantitative estimate of drug-likeness (QED) is 0.553. The largest absolute Gasteiger partial charge is 1.00 e. The van der Waals surface area contributed by atoms with Crippen LogP contribution in [0.25, 0.3) is 15.5 Å². The third kappa shape index (κ3) is 3.31. The minimum atomic E-state index is -3.71. The van der Waals surface area contributed by atoms with Gasteiger partial charge in [-0.25, -0.2) is 13.7 Å². The van der Waals surface area contributed by atoms with E-state index in [2.05, 4.69) is 4.72 Å². The molecule has 0 aliphatic heterocycles. The molecule has 0 atom stereocenters. The van der Waals surface area contributed by atoms with Crippen LogP contribution in [0.15, 0.2) is 47.4 Å². The first-order valence-electron chi connectivity index (χ1n) is 4.93. The van der Waals surface area contributed by atoms with E-state index in [-0.39, 0.29) is 41.0 Å². The number of hydrogen-bond acceptors (Lipinski definition) is 3. The van der Waals surface area contributed by atoms with Gasteiger partial charge in [0.25, 0.3) is 0 Å². The van der Waals surface area contributed by atoms with E-state index in [0.717, 1.165) is 10.8 Å². The Hall–Kier alpha value is -0.900. The molecule has 0 amide bonds. The van der Waals surface area contributed by atoms with Crippen molar-refractivity contribution in [3.8, 4) is 6.07 Å². The van der Waals surface area contributed by atoms with Crippen molar-refractivity contribution >= 4 is 20.8 Å². The van der Waals surface area contributed by atoms with Crippen molar-refractivity contribution in [2.45, 2.75) is 4.90 Å². The van der Waals surface area contributed by atoms with Gasteiger partial charge in [-0.15, -0.1) is 0 Å². The summed E-state index contributed by atoms with van der Waals surface area (Å²) in [6, 6.07) is 13.9. The second-order valence-electron chi connectivity index (χ2n) is 3.43. The standard InChI is InChI=1S/C12H9N2O2S.Na/c13-7-8-14-17(15,16)12-6-5-10-3-1-2-4-11(10)9-12;/h1-6,9H,8H2;/q-1;+1. The predicted octanol–water partition coefficient (Wildman–Crippen LogP) is -0.570. The van der Waals surface area contributed by atoms with Crippen LogP contribution in [0.5, 0.6) is 0 Å². The predicted molar refractivity (Wildman–Crippen MR) is 65.0 cm³/mol. The minimum Gasteiger partial charge on any atom is -0.533 e. The minimum absolute atomic E-state index is 0. The zero-order valence-corrected chi connectivity index (χ0v) is 12.7. The van der Waals surface area contributed by atoms with Crippen LogP contribution in [0.1, 0.15) is 0 Å². The molecule has 0 spiro atoms. The Bertz CT molecular complexity index is 693. The van der Waals surface area contributed by atoms with Crippen LogP contribution in [0.4, 0.5) is 0 Å². The summed E-state index contributed by atoms with van der Waals surface area (Å²) in [6.07, 6.45) is 0. The van der Waals surface area contributed by atoms with Crippen LogP contribution in [0.2, 0.25) is 0 Å². The third-order valence-corrected chi connectivity index (χ3v) is 3.64. The summed E-state index contributed by atoms with van der Waals surface area (Å²) in [5.41, 5.74) is 0. The maximum absolute atomic E-state index is 11.7. The molecule has 0 N–H and O–H groups in total. The average Bonchev–Trinajstić information content (AvgIpc) is 2.36. The van der Waals surface area contributed by atoms with Gasteiger partial charge >= 0.3 is 29.6 Å². The van der Waals surface area contributed by atoms with Crippen LogP contribution in [0, 0.1) is 11.3 Å². The molecule has 86 valence electrons. The van der Waals surface area contributed by atoms with Crippen molar-refractivity contribution in [3.63, 3.8) is 0 Å². The number of fused-ring (bicyclic) bond motifs is 1. The van der Waals surface area contributed by atoms with Crippen LogP contribution in [0.3, 0.4) is 0 Å². The van der Waals surface area contributed by atoms with Crippen LogP contribution in [-0.4, -0.2) is 15.0 Å². The molecule has 0 aliphatic rings. The summed E-state index contributed by atoms with van der Waals surface area (Å²) in [4.78, 5) is 0.117. The zero-order chi connectivity index (χ0) is 12.3. The third-order valence-electron chi connectivity index (χ3n) is 2.32. The first-order chi connectivity index (χ1) is 8.13. The van der Waals surface area contributed by atoms with E-state index in [1.54, 1.807) is 18.2 Å². The number of nitrogens with zero attached hydrogens (tertiary/aromatic N) is 2. The van der Waals surface area contributed by atoms with Crippen LogP contribution < -0.4 is 29.6 Å². The molecule has 0 saturated heterocycles. The molecule has 2 aromatic rings. The molecule has 18 heavy (non-hydrogen) atoms. The molecule has 6 heteroatoms. The van der Waals surface area contributed by atoms with Gasteiger partial charge in [0, 0.05) is 11.0 Å². The number of hydrogen-bond donors (Lipinski definition) is 0. The fraction of sp³-hybridized carbons (Fsp3) is 0.0833. The molecule has 0 fully saturated rings. The van der Waals surface area contributed by atoms with Crippen molar-refractivity contribution in [3.05, 3.63) is 47.2 Å². The van der Waals surface area contributed by atoms with E-state index >= 15 is 0 Å². The zero-order valence-electron chi connectivity index (χ0n) is 9.87. The molecule has 0 aromatic heterocycles. The van der Waals surface area contributed by atoms with Gasteiger partial charge in [0.15, 0.2) is 0 Å². The van der Waals surface area contributed by atoms with E-state index in [0.29, 0.717) is 0 Å². The summed E-state index contributed by atoms with van der Waals surface area (Å²) in [7, 11) is -3.71. The number of nitriles is 1. The van der Waals surface area contributed by atoms with E-state index in [9.17, 15) is 8.42 Å². The average molecular weight is 268 g/mol. The first-order valence-corrected chi connectivity index (χ1v) is 6.37. The number of sulfonamides is 1. The van der Waals surface area contributed by atoms with E-state index in [1.807, 2.05) is 24.3 Å². The van der Waals surface area contributed by atoms with Crippen molar-refractivity contribution in [2.24, 2.45) is 0 Å². The van der Waals surface area contributed by atoms with Crippen molar-refractivity contribution in [1.29, 1.82) is 5.26 Å². The molecular weight excluding hydrogens is 259 g/mol. The van der Waals surface area contributed by atoms with Gasteiger partial charge in [-0.1, -0.05) is 30.3 Å². The van der Waals surface area contributed by atoms with Gasteiger partial charge in [-0.2, -0.15) is 0 Å². The normalized spacial score (nSPS) is 10.6. The Morgan fingerprint density at radius 2 is 1.78 bits per heavy atom. The number of benzene rings is 2. The Labute approximate surface area is 128 Å². The molecular formula is C12H9N2NaO2S. The Morgan fingerprint density at radius 3 is 2.44 bits per heavy atom. The molecule has 0 radical (unpaired) electrons. The summed E-state index contributed by atoms with van der Waals surface area (Å²) in [5, 5.41) is 10.1. The van der Waals surface area contributed by atoms with E-state index < -0.39 is 10.0 Å². The van der Waals surface area contributed by atoms with Crippen molar-refractivity contribution in [1.82, 2.24) is 0 Å². The summed E-state index contributed by atoms with van der Waals surface area (Å²) in [6.45, 7) is -0.352. The maximum atomic E-state index is 11.7. The molecule has 2 rings (SSSR count). The molecule has 0 unspecified atom stereocenters. The number of rotatable bonds is 3. The second-order valence-corrected chi connectivity index (χ2v) is 5.11. The maximum Gasteiger partial charge on any atom is 1.00 e. The van der Waals surface area contributed by atoms with Gasteiger partial charge in [-0.3, -0.25) is 0 Å².